The molecular formula is C22H35NO3. The number of ether oxygens (including phenoxy) is 1. The monoisotopic (exact) mass is 361 g/mol. The van der Waals surface area contributed by atoms with E-state index in [1.165, 1.54) is 0 Å². The van der Waals surface area contributed by atoms with Crippen molar-refractivity contribution in [3.05, 3.63) is 24.3 Å². The summed E-state index contributed by atoms with van der Waals surface area (Å²) in [7, 11) is 0. The van der Waals surface area contributed by atoms with Crippen LogP contribution < -0.4 is 10.1 Å². The Hall–Kier alpha value is -1.84. The van der Waals surface area contributed by atoms with Crippen LogP contribution in [0.4, 0.5) is 5.69 Å². The molecule has 0 atom stereocenters. The topological polar surface area (TPSA) is 55.4 Å². The van der Waals surface area contributed by atoms with Gasteiger partial charge in [0.25, 0.3) is 0 Å². The molecule has 0 unspecified atom stereocenters. The van der Waals surface area contributed by atoms with Gasteiger partial charge in [0, 0.05) is 5.92 Å². The van der Waals surface area contributed by atoms with Gasteiger partial charge in [-0.3, -0.25) is 9.59 Å². The molecule has 26 heavy (non-hydrogen) atoms. The lowest BCUT2D eigenvalue weighted by molar-refractivity contribution is -0.139. The number of anilines is 1. The van der Waals surface area contributed by atoms with Crippen LogP contribution in [0.2, 0.25) is 0 Å². The Morgan fingerprint density at radius 1 is 0.846 bits per heavy atom. The summed E-state index contributed by atoms with van der Waals surface area (Å²) >= 11 is 0. The van der Waals surface area contributed by atoms with Gasteiger partial charge in [-0.1, -0.05) is 65.5 Å². The SMILES string of the molecule is CCCC(CCC)C(=O)Nc1ccccc1OC(=O)C(CCC)CCC. The lowest BCUT2D eigenvalue weighted by Gasteiger charge is -2.18. The van der Waals surface area contributed by atoms with Crippen molar-refractivity contribution in [2.75, 3.05) is 5.32 Å². The van der Waals surface area contributed by atoms with Gasteiger partial charge in [-0.25, -0.2) is 0 Å². The zero-order valence-corrected chi connectivity index (χ0v) is 16.8. The maximum absolute atomic E-state index is 12.6. The fourth-order valence-electron chi connectivity index (χ4n) is 3.27. The highest BCUT2D eigenvalue weighted by atomic mass is 16.5. The number of rotatable bonds is 12. The summed E-state index contributed by atoms with van der Waals surface area (Å²) in [5.41, 5.74) is 0.579. The highest BCUT2D eigenvalue weighted by Gasteiger charge is 2.22. The summed E-state index contributed by atoms with van der Waals surface area (Å²) in [5, 5.41) is 2.97. The van der Waals surface area contributed by atoms with E-state index in [2.05, 4.69) is 33.0 Å². The van der Waals surface area contributed by atoms with Gasteiger partial charge in [0.1, 0.15) is 0 Å². The fraction of sp³-hybridized carbons (Fsp3) is 0.636. The molecule has 0 spiro atoms. The highest BCUT2D eigenvalue weighted by Crippen LogP contribution is 2.27. The molecule has 0 bridgehead atoms. The average molecular weight is 362 g/mol. The van der Waals surface area contributed by atoms with Crippen LogP contribution >= 0.6 is 0 Å². The first-order chi connectivity index (χ1) is 12.6. The minimum atomic E-state index is -0.200. The van der Waals surface area contributed by atoms with E-state index in [1.807, 2.05) is 12.1 Å². The van der Waals surface area contributed by atoms with Crippen molar-refractivity contribution in [1.82, 2.24) is 0 Å². The van der Waals surface area contributed by atoms with Crippen LogP contribution in [0.15, 0.2) is 24.3 Å². The Labute approximate surface area is 158 Å². The van der Waals surface area contributed by atoms with Gasteiger partial charge in [-0.05, 0) is 37.8 Å². The number of amides is 1. The average Bonchev–Trinajstić information content (AvgIpc) is 2.63. The van der Waals surface area contributed by atoms with Gasteiger partial charge in [-0.15, -0.1) is 0 Å². The number of para-hydroxylation sites is 2. The largest absolute Gasteiger partial charge is 0.424 e. The first kappa shape index (κ1) is 22.2. The predicted octanol–water partition coefficient (Wildman–Crippen LogP) is 5.96. The third-order valence-corrected chi connectivity index (χ3v) is 4.61. The number of carbonyl (C=O) groups excluding carboxylic acids is 2. The van der Waals surface area contributed by atoms with Gasteiger partial charge in [-0.2, -0.15) is 0 Å². The van der Waals surface area contributed by atoms with Gasteiger partial charge in [0.15, 0.2) is 5.75 Å². The van der Waals surface area contributed by atoms with E-state index in [-0.39, 0.29) is 23.7 Å². The Balaban J connectivity index is 2.86. The van der Waals surface area contributed by atoms with Crippen LogP contribution in [-0.4, -0.2) is 11.9 Å². The Bertz CT molecular complexity index is 495. The summed E-state index contributed by atoms with van der Waals surface area (Å²) in [5.74, 6) is 0.170. The molecule has 0 radical (unpaired) electrons. The summed E-state index contributed by atoms with van der Waals surface area (Å²) < 4.78 is 5.66. The first-order valence-electron chi connectivity index (χ1n) is 10.2. The van der Waals surface area contributed by atoms with Crippen LogP contribution in [0.25, 0.3) is 0 Å². The van der Waals surface area contributed by atoms with Crippen molar-refractivity contribution in [2.24, 2.45) is 11.8 Å². The number of esters is 1. The number of benzene rings is 1. The van der Waals surface area contributed by atoms with Crippen molar-refractivity contribution < 1.29 is 14.3 Å². The van der Waals surface area contributed by atoms with Gasteiger partial charge < -0.3 is 10.1 Å². The lowest BCUT2D eigenvalue weighted by atomic mass is 9.97. The van der Waals surface area contributed by atoms with Gasteiger partial charge in [0.2, 0.25) is 5.91 Å². The zero-order valence-electron chi connectivity index (χ0n) is 16.8. The molecule has 1 rings (SSSR count). The molecule has 0 aliphatic rings. The summed E-state index contributed by atoms with van der Waals surface area (Å²) in [4.78, 5) is 25.2. The van der Waals surface area contributed by atoms with E-state index in [1.54, 1.807) is 12.1 Å². The molecule has 4 nitrogen and oxygen atoms in total. The van der Waals surface area contributed by atoms with Crippen molar-refractivity contribution in [3.8, 4) is 5.75 Å². The summed E-state index contributed by atoms with van der Waals surface area (Å²) in [6.45, 7) is 8.33. The van der Waals surface area contributed by atoms with Gasteiger partial charge >= 0.3 is 5.97 Å². The molecular weight excluding hydrogens is 326 g/mol. The molecule has 0 aliphatic heterocycles. The third kappa shape index (κ3) is 7.19. The smallest absolute Gasteiger partial charge is 0.314 e. The second-order valence-corrected chi connectivity index (χ2v) is 6.96. The third-order valence-electron chi connectivity index (χ3n) is 4.61. The van der Waals surface area contributed by atoms with E-state index in [4.69, 9.17) is 4.74 Å². The minimum Gasteiger partial charge on any atom is -0.424 e. The summed E-state index contributed by atoms with van der Waals surface area (Å²) in [6.07, 6.45) is 7.26. The molecule has 1 amide bonds. The molecule has 0 aromatic heterocycles. The van der Waals surface area contributed by atoms with Crippen LogP contribution in [-0.2, 0) is 9.59 Å². The van der Waals surface area contributed by atoms with Crippen LogP contribution in [0.1, 0.15) is 79.1 Å². The van der Waals surface area contributed by atoms with E-state index in [0.717, 1.165) is 51.4 Å². The summed E-state index contributed by atoms with van der Waals surface area (Å²) in [6, 6.07) is 7.21. The minimum absolute atomic E-state index is 0.00156. The highest BCUT2D eigenvalue weighted by molar-refractivity contribution is 5.94. The van der Waals surface area contributed by atoms with E-state index < -0.39 is 0 Å². The van der Waals surface area contributed by atoms with Gasteiger partial charge in [0.05, 0.1) is 11.6 Å². The predicted molar refractivity (Wildman–Crippen MR) is 107 cm³/mol. The van der Waals surface area contributed by atoms with Crippen molar-refractivity contribution in [2.45, 2.75) is 79.1 Å². The van der Waals surface area contributed by atoms with Crippen molar-refractivity contribution >= 4 is 17.6 Å². The number of hydrogen-bond donors (Lipinski definition) is 1. The lowest BCUT2D eigenvalue weighted by Crippen LogP contribution is -2.24. The zero-order chi connectivity index (χ0) is 19.4. The second kappa shape index (κ2) is 12.5. The van der Waals surface area contributed by atoms with Crippen LogP contribution in [0, 0.1) is 11.8 Å². The molecule has 0 saturated carbocycles. The van der Waals surface area contributed by atoms with E-state index >= 15 is 0 Å². The molecule has 0 saturated heterocycles. The molecule has 0 heterocycles. The van der Waals surface area contributed by atoms with E-state index in [9.17, 15) is 9.59 Å². The number of carbonyl (C=O) groups is 2. The Morgan fingerprint density at radius 3 is 1.88 bits per heavy atom. The first-order valence-corrected chi connectivity index (χ1v) is 10.2. The molecule has 1 aromatic carbocycles. The standard InChI is InChI=1S/C22H35NO3/c1-5-11-17(12-6-2)21(24)23-19-15-9-10-16-20(19)26-22(25)18(13-7-3)14-8-4/h9-10,15-18H,5-8,11-14H2,1-4H3,(H,23,24). The molecule has 0 aliphatic carbocycles. The normalized spacial score (nSPS) is 11.0. The molecule has 1 N–H and O–H groups in total. The number of hydrogen-bond acceptors (Lipinski definition) is 3. The Morgan fingerprint density at radius 2 is 1.35 bits per heavy atom. The van der Waals surface area contributed by atoms with Crippen LogP contribution in [0.3, 0.4) is 0 Å². The second-order valence-electron chi connectivity index (χ2n) is 6.96. The van der Waals surface area contributed by atoms with E-state index in [0.29, 0.717) is 11.4 Å². The maximum atomic E-state index is 12.6. The Kier molecular flexibility index (Phi) is 10.7. The molecule has 0 fully saturated rings. The molecule has 1 aromatic rings. The quantitative estimate of drug-likeness (QED) is 0.369. The number of nitrogens with one attached hydrogen (secondary N) is 1. The van der Waals surface area contributed by atoms with Crippen molar-refractivity contribution in [3.63, 3.8) is 0 Å². The molecule has 146 valence electrons. The van der Waals surface area contributed by atoms with Crippen LogP contribution in [0.5, 0.6) is 5.75 Å². The maximum Gasteiger partial charge on any atom is 0.314 e. The van der Waals surface area contributed by atoms with Crippen molar-refractivity contribution in [1.29, 1.82) is 0 Å². The molecule has 4 heteroatoms. The fourth-order valence-corrected chi connectivity index (χ4v) is 3.27.